The van der Waals surface area contributed by atoms with E-state index in [-0.39, 0.29) is 53.9 Å². The molecule has 5 heteroatoms. The Balaban J connectivity index is 0.00000625. The topological polar surface area (TPSA) is 50.9 Å². The molecule has 0 saturated carbocycles. The van der Waals surface area contributed by atoms with Crippen LogP contribution in [0.5, 0.6) is 5.75 Å². The maximum Gasteiger partial charge on any atom is 0.148 e. The zero-order chi connectivity index (χ0) is 47.8. The minimum atomic E-state index is -0.330. The number of fused-ring (bicyclic) bond motifs is 2. The first-order valence-electron chi connectivity index (χ1n) is 24.3. The van der Waals surface area contributed by atoms with E-state index in [1.165, 1.54) is 34.2 Å². The summed E-state index contributed by atoms with van der Waals surface area (Å²) in [5, 5.41) is 12.7. The Morgan fingerprint density at radius 2 is 1.22 bits per heavy atom. The Morgan fingerprint density at radius 3 is 1.93 bits per heavy atom. The minimum Gasteiger partial charge on any atom is -0.507 e. The summed E-state index contributed by atoms with van der Waals surface area (Å²) in [7, 11) is 0. The average Bonchev–Trinajstić information content (AvgIpc) is 3.63. The quantitative estimate of drug-likeness (QED) is 0.133. The zero-order valence-electron chi connectivity index (χ0n) is 42.4. The van der Waals surface area contributed by atoms with Crippen LogP contribution >= 0.6 is 0 Å². The molecule has 0 radical (unpaired) electrons. The maximum absolute atomic E-state index is 12.7. The third kappa shape index (κ3) is 9.07. The molecule has 0 amide bonds. The first-order chi connectivity index (χ1) is 31.5. The van der Waals surface area contributed by atoms with Crippen LogP contribution in [0.4, 0.5) is 0 Å². The van der Waals surface area contributed by atoms with Gasteiger partial charge in [0.1, 0.15) is 11.6 Å². The Morgan fingerprint density at radius 1 is 0.574 bits per heavy atom. The van der Waals surface area contributed by atoms with E-state index in [2.05, 4.69) is 222 Å². The molecular weight excluding hydrogens is 1010 g/mol. The van der Waals surface area contributed by atoms with Crippen LogP contribution in [-0.4, -0.2) is 19.6 Å². The van der Waals surface area contributed by atoms with Gasteiger partial charge in [0.2, 0.25) is 0 Å². The normalized spacial score (nSPS) is 14.8. The number of imidazole rings is 1. The molecule has 0 unspecified atom stereocenters. The van der Waals surface area contributed by atoms with Crippen molar-refractivity contribution < 1.29 is 26.2 Å². The molecule has 1 aliphatic carbocycles. The van der Waals surface area contributed by atoms with Crippen molar-refractivity contribution >= 4 is 11.0 Å². The van der Waals surface area contributed by atoms with Gasteiger partial charge in [0, 0.05) is 44.1 Å². The van der Waals surface area contributed by atoms with E-state index >= 15 is 0 Å². The third-order valence-corrected chi connectivity index (χ3v) is 14.4. The third-order valence-electron chi connectivity index (χ3n) is 14.4. The standard InChI is InChI=1S/C63H68N3O.Pt/c1-59(2,3)44-29-30-53(48(37-44)47-26-18-27-50-55(47)63(12,13)33-20-32-62(50,10)11)66-54-28-19-25-46(42-23-17-24-43(35-42)52-36-41(31-34-64-52)40-21-15-14-16-22-40)56(54)65-58(66)49-38-45(60(4,5)6)39-51(57(49)67)61(7,8)9;/h14-19,21-31,34,36-39,67H,20,32-33H2,1-13H3;/q-1;. The van der Waals surface area contributed by atoms with Crippen molar-refractivity contribution in [3.05, 3.63) is 167 Å². The Labute approximate surface area is 420 Å². The summed E-state index contributed by atoms with van der Waals surface area (Å²) in [6.45, 7) is 29.9. The maximum atomic E-state index is 12.7. The number of para-hydroxylation sites is 1. The van der Waals surface area contributed by atoms with E-state index in [0.717, 1.165) is 79.8 Å². The smallest absolute Gasteiger partial charge is 0.148 e. The number of rotatable bonds is 6. The van der Waals surface area contributed by atoms with Gasteiger partial charge >= 0.3 is 0 Å². The second-order valence-corrected chi connectivity index (χ2v) is 23.5. The van der Waals surface area contributed by atoms with Gasteiger partial charge in [-0.05, 0) is 109 Å². The molecule has 0 saturated heterocycles. The van der Waals surface area contributed by atoms with Crippen LogP contribution in [0.15, 0.2) is 134 Å². The van der Waals surface area contributed by atoms with Crippen LogP contribution in [0, 0.1) is 6.07 Å². The summed E-state index contributed by atoms with van der Waals surface area (Å²) in [6, 6.07) is 49.7. The zero-order valence-corrected chi connectivity index (χ0v) is 44.7. The summed E-state index contributed by atoms with van der Waals surface area (Å²) >= 11 is 0. The van der Waals surface area contributed by atoms with Gasteiger partial charge in [-0.2, -0.15) is 0 Å². The number of hydrogen-bond acceptors (Lipinski definition) is 3. The van der Waals surface area contributed by atoms with Crippen molar-refractivity contribution in [3.8, 4) is 67.5 Å². The molecule has 2 aromatic heterocycles. The van der Waals surface area contributed by atoms with Crippen molar-refractivity contribution in [2.24, 2.45) is 0 Å². The van der Waals surface area contributed by atoms with Crippen LogP contribution in [0.3, 0.4) is 0 Å². The first kappa shape index (κ1) is 48.9. The van der Waals surface area contributed by atoms with Crippen LogP contribution in [-0.2, 0) is 48.1 Å². The molecular formula is C63H68N3OPt-. The fourth-order valence-electron chi connectivity index (χ4n) is 10.4. The molecule has 0 aliphatic heterocycles. The van der Waals surface area contributed by atoms with Crippen LogP contribution in [0.25, 0.3) is 72.7 Å². The van der Waals surface area contributed by atoms with Gasteiger partial charge in [-0.25, -0.2) is 4.98 Å². The molecule has 0 spiro atoms. The van der Waals surface area contributed by atoms with Crippen molar-refractivity contribution in [2.45, 2.75) is 136 Å². The summed E-state index contributed by atoms with van der Waals surface area (Å²) in [5.41, 5.74) is 17.4. The molecule has 0 atom stereocenters. The molecule has 8 aromatic rings. The van der Waals surface area contributed by atoms with Crippen LogP contribution < -0.4 is 0 Å². The number of phenolic OH excluding ortho intramolecular Hbond substituents is 1. The number of phenols is 1. The van der Waals surface area contributed by atoms with Crippen LogP contribution in [0.2, 0.25) is 0 Å². The summed E-state index contributed by atoms with van der Waals surface area (Å²) in [5.74, 6) is 0.970. The molecule has 0 fully saturated rings. The van der Waals surface area contributed by atoms with E-state index in [4.69, 9.17) is 9.97 Å². The van der Waals surface area contributed by atoms with Crippen molar-refractivity contribution in [1.29, 1.82) is 0 Å². The van der Waals surface area contributed by atoms with E-state index in [9.17, 15) is 5.11 Å². The average molecular weight is 1080 g/mol. The van der Waals surface area contributed by atoms with E-state index < -0.39 is 0 Å². The number of aromatic nitrogens is 3. The first-order valence-corrected chi connectivity index (χ1v) is 24.3. The fraction of sp³-hybridized carbons (Fsp3) is 0.333. The Kier molecular flexibility index (Phi) is 12.8. The number of hydrogen-bond donors (Lipinski definition) is 1. The molecule has 1 aliphatic rings. The van der Waals surface area contributed by atoms with Gasteiger partial charge in [0.25, 0.3) is 0 Å². The largest absolute Gasteiger partial charge is 0.507 e. The van der Waals surface area contributed by atoms with Crippen molar-refractivity contribution in [1.82, 2.24) is 14.5 Å². The SMILES string of the molecule is CC(C)(C)c1ccc(-n2c(-c3cc(C(C)(C)C)cc(C(C)(C)C)c3O)nc3c(-c4[c-]c(-c5cc(-c6ccccc6)ccn5)ccc4)cccc32)c(-c2cccc3c2C(C)(C)CCCC3(C)C)c1.[Pt]. The van der Waals surface area contributed by atoms with Crippen molar-refractivity contribution in [3.63, 3.8) is 0 Å². The summed E-state index contributed by atoms with van der Waals surface area (Å²) in [4.78, 5) is 10.6. The van der Waals surface area contributed by atoms with Gasteiger partial charge in [-0.3, -0.25) is 9.55 Å². The van der Waals surface area contributed by atoms with Gasteiger partial charge in [0.15, 0.2) is 0 Å². The second-order valence-electron chi connectivity index (χ2n) is 23.5. The monoisotopic (exact) mass is 1080 g/mol. The fourth-order valence-corrected chi connectivity index (χ4v) is 10.4. The molecule has 0 bridgehead atoms. The molecule has 1 N–H and O–H groups in total. The number of pyridine rings is 1. The Hall–Kier alpha value is -5.57. The number of aromatic hydroxyl groups is 1. The van der Waals surface area contributed by atoms with Gasteiger partial charge < -0.3 is 5.11 Å². The van der Waals surface area contributed by atoms with E-state index in [0.29, 0.717) is 5.82 Å². The van der Waals surface area contributed by atoms with Gasteiger partial charge in [-0.1, -0.05) is 186 Å². The Bertz CT molecular complexity index is 3170. The summed E-state index contributed by atoms with van der Waals surface area (Å²) in [6.07, 6.45) is 5.32. The molecule has 68 heavy (non-hydrogen) atoms. The number of benzene rings is 6. The molecule has 352 valence electrons. The second kappa shape index (κ2) is 17.7. The summed E-state index contributed by atoms with van der Waals surface area (Å²) < 4.78 is 2.34. The van der Waals surface area contributed by atoms with Crippen LogP contribution in [0.1, 0.15) is 137 Å². The molecule has 4 nitrogen and oxygen atoms in total. The molecule has 9 rings (SSSR count). The van der Waals surface area contributed by atoms with Gasteiger partial charge in [0.05, 0.1) is 22.3 Å². The minimum absolute atomic E-state index is 0. The molecule has 2 heterocycles. The van der Waals surface area contributed by atoms with E-state index in [1.807, 2.05) is 12.3 Å². The molecule has 6 aromatic carbocycles. The number of nitrogens with zero attached hydrogens (tertiary/aromatic N) is 3. The predicted octanol–water partition coefficient (Wildman–Crippen LogP) is 16.9. The van der Waals surface area contributed by atoms with E-state index in [1.54, 1.807) is 0 Å². The predicted molar refractivity (Wildman–Crippen MR) is 283 cm³/mol. The van der Waals surface area contributed by atoms with Crippen molar-refractivity contribution in [2.75, 3.05) is 0 Å². The van der Waals surface area contributed by atoms with Gasteiger partial charge in [-0.15, -0.1) is 29.8 Å².